The molecule has 0 fully saturated rings. The summed E-state index contributed by atoms with van der Waals surface area (Å²) in [4.78, 5) is 17.3. The zero-order valence-corrected chi connectivity index (χ0v) is 14.5. The first kappa shape index (κ1) is 15.9. The Hall–Kier alpha value is -2.59. The zero-order valence-electron chi connectivity index (χ0n) is 13.7. The topological polar surface area (TPSA) is 51.2 Å². The Morgan fingerprint density at radius 1 is 1.24 bits per heavy atom. The minimum atomic E-state index is -0.318. The monoisotopic (exact) mass is 352 g/mol. The first-order valence-corrected chi connectivity index (χ1v) is 8.57. The molecule has 0 bridgehead atoms. The van der Waals surface area contributed by atoms with Gasteiger partial charge in [0.25, 0.3) is 0 Å². The van der Waals surface area contributed by atoms with Crippen molar-refractivity contribution in [2.45, 2.75) is 12.8 Å². The molecule has 0 radical (unpaired) electrons. The molecule has 1 aliphatic rings. The van der Waals surface area contributed by atoms with Gasteiger partial charge in [-0.15, -0.1) is 0 Å². The molecule has 2 heterocycles. The van der Waals surface area contributed by atoms with Gasteiger partial charge in [0, 0.05) is 33.5 Å². The van der Waals surface area contributed by atoms with E-state index in [-0.39, 0.29) is 17.7 Å². The number of nitrogens with zero attached hydrogens (tertiary/aromatic N) is 1. The number of fused-ring (bicyclic) bond motifs is 2. The fourth-order valence-corrected chi connectivity index (χ4v) is 3.52. The van der Waals surface area contributed by atoms with E-state index >= 15 is 0 Å². The van der Waals surface area contributed by atoms with Crippen molar-refractivity contribution >= 4 is 34.0 Å². The Kier molecular flexibility index (Phi) is 4.06. The summed E-state index contributed by atoms with van der Waals surface area (Å²) in [5.41, 5.74) is 1.54. The number of rotatable bonds is 2. The molecule has 1 aliphatic heterocycles. The van der Waals surface area contributed by atoms with Crippen molar-refractivity contribution in [2.75, 3.05) is 11.9 Å². The maximum atomic E-state index is 13.1. The average molecular weight is 353 g/mol. The first-order valence-electron chi connectivity index (χ1n) is 8.19. The van der Waals surface area contributed by atoms with E-state index in [1.165, 1.54) is 0 Å². The van der Waals surface area contributed by atoms with Gasteiger partial charge in [-0.25, -0.2) is 0 Å². The smallest absolute Gasteiger partial charge is 0.232 e. The van der Waals surface area contributed by atoms with Gasteiger partial charge in [-0.2, -0.15) is 0 Å². The quantitative estimate of drug-likeness (QED) is 0.731. The molecule has 0 spiro atoms. The predicted octanol–water partition coefficient (Wildman–Crippen LogP) is 4.64. The van der Waals surface area contributed by atoms with Crippen molar-refractivity contribution < 1.29 is 9.53 Å². The third-order valence-electron chi connectivity index (χ3n) is 4.59. The fourth-order valence-electron chi connectivity index (χ4n) is 3.34. The Bertz CT molecular complexity index is 952. The van der Waals surface area contributed by atoms with Gasteiger partial charge < -0.3 is 10.1 Å². The van der Waals surface area contributed by atoms with E-state index in [0.29, 0.717) is 17.3 Å². The lowest BCUT2D eigenvalue weighted by Gasteiger charge is -2.30. The number of halogens is 1. The summed E-state index contributed by atoms with van der Waals surface area (Å²) in [6, 6.07) is 13.3. The summed E-state index contributed by atoms with van der Waals surface area (Å²) in [7, 11) is 0. The van der Waals surface area contributed by atoms with Crippen LogP contribution in [0.5, 0.6) is 5.75 Å². The highest BCUT2D eigenvalue weighted by Gasteiger charge is 2.34. The molecule has 3 aromatic rings. The lowest BCUT2D eigenvalue weighted by atomic mass is 9.84. The van der Waals surface area contributed by atoms with Crippen molar-refractivity contribution in [2.24, 2.45) is 5.92 Å². The molecular formula is C20H17ClN2O2. The number of hydrogen-bond donors (Lipinski definition) is 1. The van der Waals surface area contributed by atoms with Gasteiger partial charge in [0.15, 0.2) is 0 Å². The lowest BCUT2D eigenvalue weighted by Crippen LogP contribution is -2.33. The van der Waals surface area contributed by atoms with E-state index in [1.54, 1.807) is 18.5 Å². The predicted molar refractivity (Wildman–Crippen MR) is 99.2 cm³/mol. The molecule has 4 nitrogen and oxygen atoms in total. The normalized spacial score (nSPS) is 19.1. The molecule has 4 rings (SSSR count). The van der Waals surface area contributed by atoms with E-state index in [9.17, 15) is 4.79 Å². The van der Waals surface area contributed by atoms with Gasteiger partial charge >= 0.3 is 0 Å². The third kappa shape index (κ3) is 2.94. The van der Waals surface area contributed by atoms with Crippen LogP contribution in [0.4, 0.5) is 5.69 Å². The van der Waals surface area contributed by atoms with E-state index < -0.39 is 0 Å². The number of nitrogens with one attached hydrogen (secondary N) is 1. The van der Waals surface area contributed by atoms with Crippen LogP contribution >= 0.6 is 11.6 Å². The molecule has 0 aliphatic carbocycles. The van der Waals surface area contributed by atoms with Gasteiger partial charge in [-0.3, -0.25) is 9.78 Å². The number of carbonyl (C=O) groups is 1. The second-order valence-corrected chi connectivity index (χ2v) is 6.78. The number of carbonyl (C=O) groups excluding carboxylic acids is 1. The van der Waals surface area contributed by atoms with Crippen LogP contribution in [0.1, 0.15) is 18.4 Å². The van der Waals surface area contributed by atoms with Gasteiger partial charge in [0.2, 0.25) is 5.91 Å². The highest BCUT2D eigenvalue weighted by Crippen LogP contribution is 2.39. The van der Waals surface area contributed by atoms with Crippen molar-refractivity contribution in [3.05, 3.63) is 65.4 Å². The average Bonchev–Trinajstić information content (AvgIpc) is 2.61. The molecule has 1 N–H and O–H groups in total. The highest BCUT2D eigenvalue weighted by molar-refractivity contribution is 6.30. The molecule has 1 aromatic heterocycles. The molecule has 0 unspecified atom stereocenters. The van der Waals surface area contributed by atoms with Crippen molar-refractivity contribution in [1.29, 1.82) is 0 Å². The van der Waals surface area contributed by atoms with Crippen molar-refractivity contribution in [3.8, 4) is 5.75 Å². The molecule has 0 saturated heterocycles. The second kappa shape index (κ2) is 6.37. The molecule has 126 valence electrons. The maximum Gasteiger partial charge on any atom is 0.232 e. The minimum absolute atomic E-state index is 0.0499. The van der Waals surface area contributed by atoms with Crippen LogP contribution in [-0.4, -0.2) is 17.5 Å². The van der Waals surface area contributed by atoms with Gasteiger partial charge in [0.05, 0.1) is 24.4 Å². The molecular weight excluding hydrogens is 336 g/mol. The number of ether oxygens (including phenoxy) is 1. The standard InChI is InChI=1S/C20H17ClN2O2/c1-12-11-25-18-7-6-14(21)8-16(18)19(12)20(24)23-17-10-22-9-13-4-2-3-5-15(13)17/h2-10,12,19H,11H2,1H3,(H,23,24)/t12-,19-/m1/s1. The van der Waals surface area contributed by atoms with Crippen molar-refractivity contribution in [3.63, 3.8) is 0 Å². The van der Waals surface area contributed by atoms with Crippen LogP contribution in [0.3, 0.4) is 0 Å². The first-order chi connectivity index (χ1) is 12.1. The number of benzene rings is 2. The van der Waals surface area contributed by atoms with Crippen LogP contribution in [0, 0.1) is 5.92 Å². The summed E-state index contributed by atoms with van der Waals surface area (Å²) in [6.07, 6.45) is 3.47. The summed E-state index contributed by atoms with van der Waals surface area (Å²) in [6.45, 7) is 2.51. The molecule has 5 heteroatoms. The Labute approximate surface area is 150 Å². The van der Waals surface area contributed by atoms with E-state index in [0.717, 1.165) is 22.1 Å². The van der Waals surface area contributed by atoms with E-state index in [4.69, 9.17) is 16.3 Å². The summed E-state index contributed by atoms with van der Waals surface area (Å²) in [5.74, 6) is 0.381. The Morgan fingerprint density at radius 3 is 2.96 bits per heavy atom. The SMILES string of the molecule is C[C@@H]1COc2ccc(Cl)cc2[C@@H]1C(=O)Nc1cncc2ccccc12. The largest absolute Gasteiger partial charge is 0.493 e. The summed E-state index contributed by atoms with van der Waals surface area (Å²) < 4.78 is 5.74. The molecule has 2 atom stereocenters. The lowest BCUT2D eigenvalue weighted by molar-refractivity contribution is -0.119. The van der Waals surface area contributed by atoms with Gasteiger partial charge in [-0.05, 0) is 18.2 Å². The van der Waals surface area contributed by atoms with Crippen LogP contribution in [0.25, 0.3) is 10.8 Å². The third-order valence-corrected chi connectivity index (χ3v) is 4.82. The van der Waals surface area contributed by atoms with Crippen molar-refractivity contribution in [1.82, 2.24) is 4.98 Å². The number of anilines is 1. The van der Waals surface area contributed by atoms with Crippen LogP contribution in [0.2, 0.25) is 5.02 Å². The Balaban J connectivity index is 1.70. The second-order valence-electron chi connectivity index (χ2n) is 6.35. The number of pyridine rings is 1. The molecule has 0 saturated carbocycles. The fraction of sp³-hybridized carbons (Fsp3) is 0.200. The van der Waals surface area contributed by atoms with E-state index in [2.05, 4.69) is 10.3 Å². The van der Waals surface area contributed by atoms with Crippen LogP contribution in [0.15, 0.2) is 54.9 Å². The number of aromatic nitrogens is 1. The number of hydrogen-bond acceptors (Lipinski definition) is 3. The molecule has 2 aromatic carbocycles. The zero-order chi connectivity index (χ0) is 17.4. The summed E-state index contributed by atoms with van der Waals surface area (Å²) in [5, 5.41) is 5.60. The van der Waals surface area contributed by atoms with Gasteiger partial charge in [0.1, 0.15) is 5.75 Å². The van der Waals surface area contributed by atoms with Crippen LogP contribution in [-0.2, 0) is 4.79 Å². The van der Waals surface area contributed by atoms with Gasteiger partial charge in [-0.1, -0.05) is 42.8 Å². The molecule has 1 amide bonds. The van der Waals surface area contributed by atoms with Crippen LogP contribution < -0.4 is 10.1 Å². The van der Waals surface area contributed by atoms with E-state index in [1.807, 2.05) is 43.3 Å². The maximum absolute atomic E-state index is 13.1. The molecule has 25 heavy (non-hydrogen) atoms. The highest BCUT2D eigenvalue weighted by atomic mass is 35.5. The summed E-state index contributed by atoms with van der Waals surface area (Å²) >= 11 is 6.14. The number of amides is 1. The Morgan fingerprint density at radius 2 is 2.08 bits per heavy atom. The minimum Gasteiger partial charge on any atom is -0.493 e.